The Morgan fingerprint density at radius 2 is 2.46 bits per heavy atom. The zero-order valence-corrected chi connectivity index (χ0v) is 8.19. The molecule has 0 saturated carbocycles. The van der Waals surface area contributed by atoms with Crippen LogP contribution >= 0.6 is 11.3 Å². The summed E-state index contributed by atoms with van der Waals surface area (Å²) in [7, 11) is 0. The van der Waals surface area contributed by atoms with Crippen LogP contribution in [0.15, 0.2) is 29.7 Å². The van der Waals surface area contributed by atoms with Gasteiger partial charge in [-0.25, -0.2) is 4.79 Å². The molecule has 1 aromatic heterocycles. The Labute approximate surface area is 80.8 Å². The van der Waals surface area contributed by atoms with Crippen LogP contribution in [0.5, 0.6) is 0 Å². The van der Waals surface area contributed by atoms with Crippen molar-refractivity contribution in [3.63, 3.8) is 0 Å². The van der Waals surface area contributed by atoms with Crippen LogP contribution in [0.1, 0.15) is 18.2 Å². The van der Waals surface area contributed by atoms with Gasteiger partial charge in [0.2, 0.25) is 0 Å². The topological polar surface area (TPSA) is 26.3 Å². The average Bonchev–Trinajstić information content (AvgIpc) is 2.61. The highest BCUT2D eigenvalue weighted by Crippen LogP contribution is 2.40. The monoisotopic (exact) mass is 194 g/mol. The Bertz CT molecular complexity index is 335. The van der Waals surface area contributed by atoms with E-state index >= 15 is 0 Å². The van der Waals surface area contributed by atoms with E-state index in [1.807, 2.05) is 24.4 Å². The summed E-state index contributed by atoms with van der Waals surface area (Å²) in [5, 5.41) is 1.98. The van der Waals surface area contributed by atoms with Crippen molar-refractivity contribution in [3.8, 4) is 0 Å². The standard InChI is InChI=1S/C10H10O2S/c1-7-6-10(2,12-9(7)11)8-4-3-5-13-8/h3-5H,1,6H2,2H3. The zero-order chi connectivity index (χ0) is 9.47. The number of cyclic esters (lactones) is 1. The summed E-state index contributed by atoms with van der Waals surface area (Å²) in [6.07, 6.45) is 0.604. The third kappa shape index (κ3) is 1.29. The summed E-state index contributed by atoms with van der Waals surface area (Å²) in [6, 6.07) is 3.94. The summed E-state index contributed by atoms with van der Waals surface area (Å²) >= 11 is 1.60. The second-order valence-electron chi connectivity index (χ2n) is 3.38. The highest BCUT2D eigenvalue weighted by Gasteiger charge is 2.40. The second kappa shape index (κ2) is 2.70. The number of ether oxygens (including phenoxy) is 1. The molecule has 0 N–H and O–H groups in total. The molecular weight excluding hydrogens is 184 g/mol. The third-order valence-corrected chi connectivity index (χ3v) is 3.31. The van der Waals surface area contributed by atoms with Gasteiger partial charge in [-0.05, 0) is 18.4 Å². The van der Waals surface area contributed by atoms with Crippen LogP contribution in [0.4, 0.5) is 0 Å². The smallest absolute Gasteiger partial charge is 0.334 e. The van der Waals surface area contributed by atoms with Crippen molar-refractivity contribution < 1.29 is 9.53 Å². The Balaban J connectivity index is 2.34. The Morgan fingerprint density at radius 1 is 1.69 bits per heavy atom. The van der Waals surface area contributed by atoms with Crippen molar-refractivity contribution in [1.82, 2.24) is 0 Å². The van der Waals surface area contributed by atoms with Gasteiger partial charge in [-0.3, -0.25) is 0 Å². The molecule has 1 fully saturated rings. The predicted molar refractivity (Wildman–Crippen MR) is 51.5 cm³/mol. The van der Waals surface area contributed by atoms with Crippen molar-refractivity contribution >= 4 is 17.3 Å². The summed E-state index contributed by atoms with van der Waals surface area (Å²) in [5.74, 6) is -0.268. The fourth-order valence-electron chi connectivity index (χ4n) is 1.51. The van der Waals surface area contributed by atoms with Crippen molar-refractivity contribution in [2.75, 3.05) is 0 Å². The van der Waals surface area contributed by atoms with E-state index in [-0.39, 0.29) is 5.97 Å². The molecule has 0 bridgehead atoms. The van der Waals surface area contributed by atoms with Gasteiger partial charge in [0, 0.05) is 16.9 Å². The first-order valence-electron chi connectivity index (χ1n) is 4.07. The minimum atomic E-state index is -0.470. The first kappa shape index (κ1) is 8.51. The summed E-state index contributed by atoms with van der Waals surface area (Å²) in [4.78, 5) is 12.3. The number of hydrogen-bond acceptors (Lipinski definition) is 3. The summed E-state index contributed by atoms with van der Waals surface area (Å²) in [6.45, 7) is 5.60. The number of carbonyl (C=O) groups is 1. The molecule has 1 atom stereocenters. The lowest BCUT2D eigenvalue weighted by atomic mass is 9.99. The van der Waals surface area contributed by atoms with Crippen molar-refractivity contribution in [2.45, 2.75) is 18.9 Å². The molecule has 2 rings (SSSR count). The molecule has 68 valence electrons. The van der Waals surface area contributed by atoms with E-state index in [1.54, 1.807) is 11.3 Å². The summed E-state index contributed by atoms with van der Waals surface area (Å²) in [5.41, 5.74) is 0.0957. The quantitative estimate of drug-likeness (QED) is 0.507. The lowest BCUT2D eigenvalue weighted by Crippen LogP contribution is -2.18. The van der Waals surface area contributed by atoms with Crippen LogP contribution in [-0.4, -0.2) is 5.97 Å². The Morgan fingerprint density at radius 3 is 2.92 bits per heavy atom. The van der Waals surface area contributed by atoms with Gasteiger partial charge in [0.1, 0.15) is 5.60 Å². The van der Waals surface area contributed by atoms with E-state index in [2.05, 4.69) is 6.58 Å². The molecule has 2 nitrogen and oxygen atoms in total. The van der Waals surface area contributed by atoms with E-state index in [1.165, 1.54) is 0 Å². The van der Waals surface area contributed by atoms with Crippen LogP contribution in [0.3, 0.4) is 0 Å². The fraction of sp³-hybridized carbons (Fsp3) is 0.300. The van der Waals surface area contributed by atoms with E-state index in [0.29, 0.717) is 12.0 Å². The summed E-state index contributed by atoms with van der Waals surface area (Å²) < 4.78 is 5.28. The molecular formula is C10H10O2S. The van der Waals surface area contributed by atoms with Gasteiger partial charge in [-0.2, -0.15) is 0 Å². The third-order valence-electron chi connectivity index (χ3n) is 2.20. The van der Waals surface area contributed by atoms with Crippen LogP contribution in [0.2, 0.25) is 0 Å². The number of carbonyl (C=O) groups excluding carboxylic acids is 1. The molecule has 2 heterocycles. The lowest BCUT2D eigenvalue weighted by molar-refractivity contribution is -0.145. The molecule has 0 aliphatic carbocycles. The van der Waals surface area contributed by atoms with E-state index in [9.17, 15) is 4.79 Å². The van der Waals surface area contributed by atoms with Gasteiger partial charge < -0.3 is 4.74 Å². The van der Waals surface area contributed by atoms with Crippen molar-refractivity contribution in [1.29, 1.82) is 0 Å². The zero-order valence-electron chi connectivity index (χ0n) is 7.37. The van der Waals surface area contributed by atoms with Crippen molar-refractivity contribution in [2.24, 2.45) is 0 Å². The van der Waals surface area contributed by atoms with Gasteiger partial charge in [-0.1, -0.05) is 12.6 Å². The highest BCUT2D eigenvalue weighted by molar-refractivity contribution is 7.10. The van der Waals surface area contributed by atoms with Gasteiger partial charge in [0.05, 0.1) is 0 Å². The fourth-order valence-corrected chi connectivity index (χ4v) is 2.33. The molecule has 0 amide bonds. The number of hydrogen-bond donors (Lipinski definition) is 0. The minimum Gasteiger partial charge on any atom is -0.450 e. The van der Waals surface area contributed by atoms with Gasteiger partial charge >= 0.3 is 5.97 Å². The molecule has 1 saturated heterocycles. The Kier molecular flexibility index (Phi) is 1.77. The second-order valence-corrected chi connectivity index (χ2v) is 4.33. The maximum atomic E-state index is 11.2. The molecule has 1 aliphatic heterocycles. The molecule has 1 unspecified atom stereocenters. The van der Waals surface area contributed by atoms with Crippen LogP contribution in [0, 0.1) is 0 Å². The predicted octanol–water partition coefficient (Wildman–Crippen LogP) is 2.47. The number of esters is 1. The normalized spacial score (nSPS) is 27.8. The van der Waals surface area contributed by atoms with Crippen molar-refractivity contribution in [3.05, 3.63) is 34.5 Å². The van der Waals surface area contributed by atoms with E-state index in [4.69, 9.17) is 4.74 Å². The number of thiophene rings is 1. The molecule has 3 heteroatoms. The maximum Gasteiger partial charge on any atom is 0.334 e. The van der Waals surface area contributed by atoms with Crippen LogP contribution < -0.4 is 0 Å². The maximum absolute atomic E-state index is 11.2. The molecule has 1 aromatic rings. The van der Waals surface area contributed by atoms with E-state index in [0.717, 1.165) is 4.88 Å². The first-order valence-corrected chi connectivity index (χ1v) is 4.95. The van der Waals surface area contributed by atoms with Gasteiger partial charge in [-0.15, -0.1) is 11.3 Å². The average molecular weight is 194 g/mol. The molecule has 13 heavy (non-hydrogen) atoms. The molecule has 0 aromatic carbocycles. The molecule has 0 spiro atoms. The highest BCUT2D eigenvalue weighted by atomic mass is 32.1. The van der Waals surface area contributed by atoms with Crippen LogP contribution in [-0.2, 0) is 15.1 Å². The lowest BCUT2D eigenvalue weighted by Gasteiger charge is -2.19. The first-order chi connectivity index (χ1) is 6.12. The van der Waals surface area contributed by atoms with E-state index < -0.39 is 5.60 Å². The number of rotatable bonds is 1. The van der Waals surface area contributed by atoms with Gasteiger partial charge in [0.15, 0.2) is 0 Å². The Hall–Kier alpha value is -1.09. The minimum absolute atomic E-state index is 0.268. The van der Waals surface area contributed by atoms with Crippen LogP contribution in [0.25, 0.3) is 0 Å². The SMILES string of the molecule is C=C1CC(C)(c2cccs2)OC1=O. The molecule has 0 radical (unpaired) electrons. The molecule has 1 aliphatic rings. The largest absolute Gasteiger partial charge is 0.450 e. The van der Waals surface area contributed by atoms with Gasteiger partial charge in [0.25, 0.3) is 0 Å².